The first-order valence-corrected chi connectivity index (χ1v) is 10.3. The van der Waals surface area contributed by atoms with Crippen molar-refractivity contribution in [2.24, 2.45) is 11.1 Å². The summed E-state index contributed by atoms with van der Waals surface area (Å²) in [6.07, 6.45) is 1.15. The molecule has 2 rings (SSSR count). The van der Waals surface area contributed by atoms with Crippen molar-refractivity contribution in [1.82, 2.24) is 9.80 Å². The molecular weight excluding hydrogens is 346 g/mol. The fraction of sp³-hybridized carbons (Fsp3) is 0.875. The summed E-state index contributed by atoms with van der Waals surface area (Å²) in [5.41, 5.74) is -0.910. The van der Waals surface area contributed by atoms with E-state index in [-0.39, 0.29) is 35.6 Å². The van der Waals surface area contributed by atoms with Crippen molar-refractivity contribution < 1.29 is 22.7 Å². The van der Waals surface area contributed by atoms with Crippen molar-refractivity contribution in [3.05, 3.63) is 0 Å². The lowest BCUT2D eigenvalue weighted by Gasteiger charge is -2.45. The molecule has 2 amide bonds. The van der Waals surface area contributed by atoms with Crippen LogP contribution in [0.1, 0.15) is 47.0 Å². The smallest absolute Gasteiger partial charge is 0.410 e. The second-order valence-corrected chi connectivity index (χ2v) is 10.0. The van der Waals surface area contributed by atoms with Gasteiger partial charge in [0.1, 0.15) is 5.60 Å². The van der Waals surface area contributed by atoms with Gasteiger partial charge >= 0.3 is 6.09 Å². The van der Waals surface area contributed by atoms with E-state index in [1.807, 2.05) is 27.7 Å². The van der Waals surface area contributed by atoms with Crippen molar-refractivity contribution in [1.29, 1.82) is 0 Å². The third-order valence-corrected chi connectivity index (χ3v) is 5.75. The monoisotopic (exact) mass is 375 g/mol. The van der Waals surface area contributed by atoms with Crippen molar-refractivity contribution in [2.45, 2.75) is 58.1 Å². The number of nitrogens with zero attached hydrogens (tertiary/aromatic N) is 2. The van der Waals surface area contributed by atoms with E-state index < -0.39 is 15.6 Å². The predicted octanol–water partition coefficient (Wildman–Crippen LogP) is 0.913. The topological polar surface area (TPSA) is 110 Å². The van der Waals surface area contributed by atoms with Crippen LogP contribution in [0.4, 0.5) is 4.79 Å². The van der Waals surface area contributed by atoms with Gasteiger partial charge in [-0.15, -0.1) is 0 Å². The van der Waals surface area contributed by atoms with Crippen LogP contribution < -0.4 is 5.14 Å². The molecule has 2 fully saturated rings. The van der Waals surface area contributed by atoms with E-state index in [2.05, 4.69) is 0 Å². The summed E-state index contributed by atoms with van der Waals surface area (Å²) in [7, 11) is -3.59. The molecule has 2 N–H and O–H groups in total. The van der Waals surface area contributed by atoms with Gasteiger partial charge in [-0.05, 0) is 40.5 Å². The molecule has 0 bridgehead atoms. The molecule has 9 heteroatoms. The molecular formula is C16H29N3O5S. The number of ether oxygens (including phenoxy) is 1. The maximum Gasteiger partial charge on any atom is 0.410 e. The Morgan fingerprint density at radius 1 is 1.32 bits per heavy atom. The van der Waals surface area contributed by atoms with Crippen molar-refractivity contribution in [2.75, 3.05) is 25.4 Å². The molecule has 0 radical (unpaired) electrons. The second-order valence-electron chi connectivity index (χ2n) is 8.37. The van der Waals surface area contributed by atoms with Crippen LogP contribution >= 0.6 is 0 Å². The lowest BCUT2D eigenvalue weighted by Crippen LogP contribution is -2.55. The average Bonchev–Trinajstić information content (AvgIpc) is 2.76. The van der Waals surface area contributed by atoms with Crippen LogP contribution in [0.25, 0.3) is 0 Å². The Kier molecular flexibility index (Phi) is 5.39. The van der Waals surface area contributed by atoms with Crippen molar-refractivity contribution in [3.8, 4) is 0 Å². The summed E-state index contributed by atoms with van der Waals surface area (Å²) < 4.78 is 27.9. The number of carbonyl (C=O) groups is 2. The third kappa shape index (κ3) is 5.31. The highest BCUT2D eigenvalue weighted by molar-refractivity contribution is 7.89. The number of primary sulfonamides is 1. The second kappa shape index (κ2) is 6.75. The molecule has 0 aromatic carbocycles. The van der Waals surface area contributed by atoms with E-state index in [4.69, 9.17) is 9.88 Å². The van der Waals surface area contributed by atoms with Gasteiger partial charge in [0.05, 0.1) is 5.75 Å². The fourth-order valence-electron chi connectivity index (χ4n) is 3.51. The Labute approximate surface area is 149 Å². The molecule has 2 aliphatic heterocycles. The van der Waals surface area contributed by atoms with Crippen LogP contribution in [0.2, 0.25) is 0 Å². The van der Waals surface area contributed by atoms with E-state index >= 15 is 0 Å². The molecule has 1 unspecified atom stereocenters. The van der Waals surface area contributed by atoms with Gasteiger partial charge in [0.15, 0.2) is 0 Å². The highest BCUT2D eigenvalue weighted by atomic mass is 32.2. The van der Waals surface area contributed by atoms with Gasteiger partial charge in [-0.2, -0.15) is 0 Å². The largest absolute Gasteiger partial charge is 0.444 e. The number of carbonyl (C=O) groups excluding carboxylic acids is 2. The zero-order chi connectivity index (χ0) is 19.0. The first kappa shape index (κ1) is 20.0. The number of hydrogen-bond acceptors (Lipinski definition) is 5. The highest BCUT2D eigenvalue weighted by Crippen LogP contribution is 2.34. The number of sulfonamides is 1. The molecule has 0 aromatic rings. The summed E-state index contributed by atoms with van der Waals surface area (Å²) in [5.74, 6) is -0.472. The minimum atomic E-state index is -3.59. The first-order valence-electron chi connectivity index (χ1n) is 8.58. The minimum absolute atomic E-state index is 0.0399. The van der Waals surface area contributed by atoms with Crippen LogP contribution in [-0.2, 0) is 19.6 Å². The van der Waals surface area contributed by atoms with Crippen molar-refractivity contribution >= 4 is 22.0 Å². The third-order valence-electron chi connectivity index (χ3n) is 4.82. The number of nitrogens with two attached hydrogens (primary N) is 1. The SMILES string of the molecule is CC(C)(C)OC(=O)N1CCC(C)(N2CC(CS(N)(=O)=O)CC2=O)CC1. The first-order chi connectivity index (χ1) is 11.3. The standard InChI is InChI=1S/C16H29N3O5S/c1-15(2,3)24-14(21)18-7-5-16(4,6-8-18)19-10-12(9-13(19)20)11-25(17,22)23/h12H,5-11H2,1-4H3,(H2,17,22,23). The molecule has 144 valence electrons. The quantitative estimate of drug-likeness (QED) is 0.788. The lowest BCUT2D eigenvalue weighted by atomic mass is 9.88. The fourth-order valence-corrected chi connectivity index (χ4v) is 4.39. The molecule has 2 saturated heterocycles. The lowest BCUT2D eigenvalue weighted by molar-refractivity contribution is -0.134. The normalized spacial score (nSPS) is 24.5. The number of piperidine rings is 1. The average molecular weight is 375 g/mol. The molecule has 8 nitrogen and oxygen atoms in total. The van der Waals surface area contributed by atoms with Gasteiger partial charge in [0.25, 0.3) is 0 Å². The van der Waals surface area contributed by atoms with Gasteiger partial charge in [-0.3, -0.25) is 4.79 Å². The van der Waals surface area contributed by atoms with Crippen LogP contribution in [0, 0.1) is 5.92 Å². The zero-order valence-electron chi connectivity index (χ0n) is 15.4. The summed E-state index contributed by atoms with van der Waals surface area (Å²) in [5, 5.41) is 5.10. The number of hydrogen-bond donors (Lipinski definition) is 1. The van der Waals surface area contributed by atoms with Crippen LogP contribution in [0.3, 0.4) is 0 Å². The van der Waals surface area contributed by atoms with Gasteiger partial charge in [-0.25, -0.2) is 18.4 Å². The zero-order valence-corrected chi connectivity index (χ0v) is 16.3. The highest BCUT2D eigenvalue weighted by Gasteiger charge is 2.44. The molecule has 1 atom stereocenters. The number of amides is 2. The maximum absolute atomic E-state index is 12.4. The van der Waals surface area contributed by atoms with Gasteiger partial charge in [0.2, 0.25) is 15.9 Å². The molecule has 0 aromatic heterocycles. The Morgan fingerprint density at radius 2 is 1.88 bits per heavy atom. The predicted molar refractivity (Wildman–Crippen MR) is 93.2 cm³/mol. The van der Waals surface area contributed by atoms with Crippen LogP contribution in [-0.4, -0.2) is 66.7 Å². The summed E-state index contributed by atoms with van der Waals surface area (Å²) >= 11 is 0. The molecule has 2 aliphatic rings. The van der Waals surface area contributed by atoms with Gasteiger partial charge < -0.3 is 14.5 Å². The van der Waals surface area contributed by atoms with E-state index in [9.17, 15) is 18.0 Å². The van der Waals surface area contributed by atoms with Gasteiger partial charge in [-0.1, -0.05) is 0 Å². The summed E-state index contributed by atoms with van der Waals surface area (Å²) in [6, 6.07) is 0. The molecule has 0 spiro atoms. The van der Waals surface area contributed by atoms with Gasteiger partial charge in [0, 0.05) is 37.5 Å². The Morgan fingerprint density at radius 3 is 2.36 bits per heavy atom. The van der Waals surface area contributed by atoms with E-state index in [1.165, 1.54) is 0 Å². The molecule has 0 aliphatic carbocycles. The van der Waals surface area contributed by atoms with E-state index in [0.29, 0.717) is 32.5 Å². The Bertz CT molecular complexity index is 633. The summed E-state index contributed by atoms with van der Waals surface area (Å²) in [6.45, 7) is 8.90. The van der Waals surface area contributed by atoms with Crippen molar-refractivity contribution in [3.63, 3.8) is 0 Å². The maximum atomic E-state index is 12.4. The Balaban J connectivity index is 1.96. The summed E-state index contributed by atoms with van der Waals surface area (Å²) in [4.78, 5) is 28.0. The molecule has 2 heterocycles. The van der Waals surface area contributed by atoms with Crippen LogP contribution in [0.15, 0.2) is 0 Å². The minimum Gasteiger partial charge on any atom is -0.444 e. The molecule has 0 saturated carbocycles. The molecule has 25 heavy (non-hydrogen) atoms. The Hall–Kier alpha value is -1.35. The number of rotatable bonds is 3. The van der Waals surface area contributed by atoms with E-state index in [1.54, 1.807) is 9.80 Å². The number of likely N-dealkylation sites (tertiary alicyclic amines) is 2. The van der Waals surface area contributed by atoms with E-state index in [0.717, 1.165) is 0 Å². The van der Waals surface area contributed by atoms with Crippen LogP contribution in [0.5, 0.6) is 0 Å².